The summed E-state index contributed by atoms with van der Waals surface area (Å²) in [6.45, 7) is 2.55. The maximum Gasteiger partial charge on any atom is 0.266 e. The number of nitriles is 1. The van der Waals surface area contributed by atoms with E-state index in [4.69, 9.17) is 44.3 Å². The fraction of sp³-hybridized carbons (Fsp3) is 0.120. The SMILES string of the molecule is CCOc1cc(/C=C(\C#N)C(=O)Nc2cc(Cl)ccc2Cl)cc(Br)c1OCc1ccc(Cl)cc1. The highest BCUT2D eigenvalue weighted by molar-refractivity contribution is 9.10. The quantitative estimate of drug-likeness (QED) is 0.217. The first-order valence-corrected chi connectivity index (χ1v) is 11.9. The van der Waals surface area contributed by atoms with Crippen molar-refractivity contribution < 1.29 is 14.3 Å². The van der Waals surface area contributed by atoms with E-state index >= 15 is 0 Å². The first-order valence-electron chi connectivity index (χ1n) is 10.0. The van der Waals surface area contributed by atoms with Gasteiger partial charge in [-0.05, 0) is 82.5 Å². The van der Waals surface area contributed by atoms with Crippen LogP contribution >= 0.6 is 50.7 Å². The van der Waals surface area contributed by atoms with Crippen LogP contribution in [-0.2, 0) is 11.4 Å². The third-order valence-electron chi connectivity index (χ3n) is 4.48. The van der Waals surface area contributed by atoms with Gasteiger partial charge in [0.15, 0.2) is 11.5 Å². The minimum Gasteiger partial charge on any atom is -0.490 e. The number of carbonyl (C=O) groups is 1. The molecule has 3 rings (SSSR count). The van der Waals surface area contributed by atoms with Crippen LogP contribution in [-0.4, -0.2) is 12.5 Å². The molecule has 3 aromatic rings. The second-order valence-electron chi connectivity index (χ2n) is 6.93. The minimum atomic E-state index is -0.621. The van der Waals surface area contributed by atoms with Crippen molar-refractivity contribution >= 4 is 68.4 Å². The van der Waals surface area contributed by atoms with Crippen LogP contribution in [0.4, 0.5) is 5.69 Å². The molecule has 0 bridgehead atoms. The number of rotatable bonds is 8. The summed E-state index contributed by atoms with van der Waals surface area (Å²) < 4.78 is 12.3. The van der Waals surface area contributed by atoms with Gasteiger partial charge in [-0.1, -0.05) is 46.9 Å². The van der Waals surface area contributed by atoms with Gasteiger partial charge < -0.3 is 14.8 Å². The molecule has 1 amide bonds. The Balaban J connectivity index is 1.85. The summed E-state index contributed by atoms with van der Waals surface area (Å²) in [6.07, 6.45) is 1.45. The van der Waals surface area contributed by atoms with Gasteiger partial charge in [-0.3, -0.25) is 4.79 Å². The molecule has 0 fully saturated rings. The third kappa shape index (κ3) is 6.91. The number of hydrogen-bond donors (Lipinski definition) is 1. The molecule has 9 heteroatoms. The molecule has 0 saturated carbocycles. The van der Waals surface area contributed by atoms with Crippen molar-refractivity contribution in [2.24, 2.45) is 0 Å². The lowest BCUT2D eigenvalue weighted by Gasteiger charge is -2.15. The second-order valence-corrected chi connectivity index (χ2v) is 9.06. The predicted octanol–water partition coefficient (Wildman–Crippen LogP) is 7.93. The molecular formula is C25H18BrCl3N2O3. The summed E-state index contributed by atoms with van der Waals surface area (Å²) >= 11 is 21.5. The summed E-state index contributed by atoms with van der Waals surface area (Å²) in [5.74, 6) is 0.346. The number of anilines is 1. The van der Waals surface area contributed by atoms with Crippen molar-refractivity contribution in [1.82, 2.24) is 0 Å². The Bertz CT molecular complexity index is 1270. The molecule has 0 aromatic heterocycles. The lowest BCUT2D eigenvalue weighted by atomic mass is 10.1. The van der Waals surface area contributed by atoms with Crippen molar-refractivity contribution in [1.29, 1.82) is 5.26 Å². The molecule has 0 aliphatic heterocycles. The van der Waals surface area contributed by atoms with Gasteiger partial charge in [0, 0.05) is 10.0 Å². The number of carbonyl (C=O) groups excluding carboxylic acids is 1. The van der Waals surface area contributed by atoms with Crippen LogP contribution in [0.15, 0.2) is 64.6 Å². The van der Waals surface area contributed by atoms with Crippen LogP contribution in [0.2, 0.25) is 15.1 Å². The van der Waals surface area contributed by atoms with Gasteiger partial charge in [-0.25, -0.2) is 0 Å². The first-order chi connectivity index (χ1) is 16.3. The Morgan fingerprint density at radius 1 is 1.06 bits per heavy atom. The Hall–Kier alpha value is -2.69. The van der Waals surface area contributed by atoms with E-state index in [0.717, 1.165) is 5.56 Å². The number of halogens is 4. The molecule has 3 aromatic carbocycles. The largest absolute Gasteiger partial charge is 0.490 e. The van der Waals surface area contributed by atoms with Gasteiger partial charge in [-0.2, -0.15) is 5.26 Å². The zero-order chi connectivity index (χ0) is 24.7. The molecule has 0 heterocycles. The average Bonchev–Trinajstić information content (AvgIpc) is 2.80. The monoisotopic (exact) mass is 578 g/mol. The lowest BCUT2D eigenvalue weighted by molar-refractivity contribution is -0.112. The number of nitrogens with zero attached hydrogens (tertiary/aromatic N) is 1. The highest BCUT2D eigenvalue weighted by Crippen LogP contribution is 2.38. The highest BCUT2D eigenvalue weighted by atomic mass is 79.9. The lowest BCUT2D eigenvalue weighted by Crippen LogP contribution is -2.13. The fourth-order valence-electron chi connectivity index (χ4n) is 2.91. The van der Waals surface area contributed by atoms with Crippen LogP contribution in [0.5, 0.6) is 11.5 Å². The molecule has 174 valence electrons. The van der Waals surface area contributed by atoms with Crippen molar-refractivity contribution in [3.63, 3.8) is 0 Å². The summed E-state index contributed by atoms with van der Waals surface area (Å²) in [6, 6.07) is 17.3. The Labute approximate surface area is 221 Å². The van der Waals surface area contributed by atoms with Gasteiger partial charge in [0.05, 0.1) is 21.8 Å². The van der Waals surface area contributed by atoms with Gasteiger partial charge >= 0.3 is 0 Å². The minimum absolute atomic E-state index is 0.125. The number of ether oxygens (including phenoxy) is 2. The summed E-state index contributed by atoms with van der Waals surface area (Å²) in [4.78, 5) is 12.7. The van der Waals surface area contributed by atoms with Crippen molar-refractivity contribution in [3.8, 4) is 17.6 Å². The predicted molar refractivity (Wildman–Crippen MR) is 140 cm³/mol. The normalized spacial score (nSPS) is 11.0. The smallest absolute Gasteiger partial charge is 0.266 e. The molecule has 34 heavy (non-hydrogen) atoms. The average molecular weight is 581 g/mol. The Kier molecular flexibility index (Phi) is 9.26. The van der Waals surface area contributed by atoms with E-state index < -0.39 is 5.91 Å². The molecule has 5 nitrogen and oxygen atoms in total. The third-order valence-corrected chi connectivity index (χ3v) is 5.89. The summed E-state index contributed by atoms with van der Waals surface area (Å²) in [5.41, 5.74) is 1.69. The van der Waals surface area contributed by atoms with Crippen molar-refractivity contribution in [2.75, 3.05) is 11.9 Å². The molecule has 0 aliphatic rings. The number of nitrogens with one attached hydrogen (secondary N) is 1. The Morgan fingerprint density at radius 2 is 1.76 bits per heavy atom. The molecule has 0 aliphatic carbocycles. The molecular weight excluding hydrogens is 563 g/mol. The molecule has 0 radical (unpaired) electrons. The van der Waals surface area contributed by atoms with E-state index in [-0.39, 0.29) is 5.57 Å². The van der Waals surface area contributed by atoms with E-state index in [2.05, 4.69) is 21.2 Å². The van der Waals surface area contributed by atoms with E-state index in [1.54, 1.807) is 36.4 Å². The topological polar surface area (TPSA) is 71.3 Å². The summed E-state index contributed by atoms with van der Waals surface area (Å²) in [7, 11) is 0. The molecule has 0 spiro atoms. The number of amides is 1. The van der Waals surface area contributed by atoms with Crippen LogP contribution in [0.25, 0.3) is 6.08 Å². The second kappa shape index (κ2) is 12.1. The molecule has 0 saturated heterocycles. The fourth-order valence-corrected chi connectivity index (χ4v) is 3.95. The molecule has 0 atom stereocenters. The molecule has 0 unspecified atom stereocenters. The maximum atomic E-state index is 12.7. The Morgan fingerprint density at radius 3 is 2.44 bits per heavy atom. The van der Waals surface area contributed by atoms with Gasteiger partial charge in [-0.15, -0.1) is 0 Å². The van der Waals surface area contributed by atoms with Gasteiger partial charge in [0.1, 0.15) is 18.2 Å². The number of hydrogen-bond acceptors (Lipinski definition) is 4. The van der Waals surface area contributed by atoms with E-state index in [1.807, 2.05) is 25.1 Å². The van der Waals surface area contributed by atoms with Crippen molar-refractivity contribution in [2.45, 2.75) is 13.5 Å². The van der Waals surface area contributed by atoms with Crippen LogP contribution < -0.4 is 14.8 Å². The zero-order valence-corrected chi connectivity index (χ0v) is 21.7. The van der Waals surface area contributed by atoms with E-state index in [1.165, 1.54) is 12.1 Å². The van der Waals surface area contributed by atoms with Gasteiger partial charge in [0.25, 0.3) is 5.91 Å². The van der Waals surface area contributed by atoms with Gasteiger partial charge in [0.2, 0.25) is 0 Å². The van der Waals surface area contributed by atoms with E-state index in [9.17, 15) is 10.1 Å². The molecule has 1 N–H and O–H groups in total. The number of benzene rings is 3. The van der Waals surface area contributed by atoms with Crippen molar-refractivity contribution in [3.05, 3.63) is 90.8 Å². The standard InChI is InChI=1S/C25H18BrCl3N2O3/c1-2-33-23-11-16(10-20(26)24(23)34-14-15-3-5-18(27)6-4-15)9-17(13-30)25(32)31-22-12-19(28)7-8-21(22)29/h3-12H,2,14H2,1H3,(H,31,32)/b17-9+. The highest BCUT2D eigenvalue weighted by Gasteiger charge is 2.16. The first kappa shape index (κ1) is 25.9. The van der Waals surface area contributed by atoms with Crippen LogP contribution in [0.1, 0.15) is 18.1 Å². The van der Waals surface area contributed by atoms with Crippen LogP contribution in [0.3, 0.4) is 0 Å². The maximum absolute atomic E-state index is 12.7. The zero-order valence-electron chi connectivity index (χ0n) is 17.9. The van der Waals surface area contributed by atoms with Crippen LogP contribution in [0, 0.1) is 11.3 Å². The van der Waals surface area contributed by atoms with E-state index in [0.29, 0.717) is 55.5 Å². The summed E-state index contributed by atoms with van der Waals surface area (Å²) in [5, 5.41) is 13.5.